The molecule has 0 saturated carbocycles. The van der Waals surface area contributed by atoms with Crippen LogP contribution in [0.2, 0.25) is 0 Å². The van der Waals surface area contributed by atoms with Crippen LogP contribution in [0.3, 0.4) is 0 Å². The molecule has 0 aliphatic carbocycles. The first-order chi connectivity index (χ1) is 19.0. The molecule has 0 amide bonds. The van der Waals surface area contributed by atoms with Crippen LogP contribution in [0.4, 0.5) is 0 Å². The predicted octanol–water partition coefficient (Wildman–Crippen LogP) is -1.59. The van der Waals surface area contributed by atoms with Crippen LogP contribution < -0.4 is 0 Å². The highest BCUT2D eigenvalue weighted by molar-refractivity contribution is 6.45. The van der Waals surface area contributed by atoms with Gasteiger partial charge >= 0.3 is 15.1 Å². The van der Waals surface area contributed by atoms with Gasteiger partial charge in [0.1, 0.15) is 35.1 Å². The van der Waals surface area contributed by atoms with E-state index in [-0.39, 0.29) is 78.7 Å². The zero-order chi connectivity index (χ0) is 30.5. The van der Waals surface area contributed by atoms with Gasteiger partial charge in [-0.2, -0.15) is 0 Å². The quantitative estimate of drug-likeness (QED) is 0.0652. The number of hydrogen-bond acceptors (Lipinski definition) is 15. The largest absolute Gasteiger partial charge is 1.20 e. The Labute approximate surface area is 237 Å². The lowest BCUT2D eigenvalue weighted by Gasteiger charge is -2.21. The second-order valence-corrected chi connectivity index (χ2v) is 9.75. The third-order valence-corrected chi connectivity index (χ3v) is 6.60. The van der Waals surface area contributed by atoms with E-state index in [0.717, 1.165) is 20.8 Å². The van der Waals surface area contributed by atoms with Crippen LogP contribution in [0, 0.1) is 17.8 Å². The molecule has 0 heterocycles. The molecule has 0 aromatic carbocycles. The summed E-state index contributed by atoms with van der Waals surface area (Å²) in [6, 6.07) is 0. The predicted molar refractivity (Wildman–Crippen MR) is 134 cm³/mol. The maximum Gasteiger partial charge on any atom is 1.20 e. The van der Waals surface area contributed by atoms with Gasteiger partial charge in [-0.25, -0.2) is 0 Å². The van der Waals surface area contributed by atoms with Crippen molar-refractivity contribution >= 4 is 50.4 Å². The molecular formula is C24H39AlO15. The van der Waals surface area contributed by atoms with Crippen molar-refractivity contribution in [3.63, 3.8) is 0 Å². The van der Waals surface area contributed by atoms with Crippen molar-refractivity contribution in [1.82, 2.24) is 0 Å². The number of carbonyl (C=O) groups is 6. The number of Topliss-reactive ketones (excluding diaryl/α,β-unsaturated/α-hetero) is 3. The summed E-state index contributed by atoms with van der Waals surface area (Å²) in [7, 11) is 0. The Balaban J connectivity index is 5.76. The lowest BCUT2D eigenvalue weighted by molar-refractivity contribution is -0.155. The molecule has 0 aromatic rings. The van der Waals surface area contributed by atoms with Gasteiger partial charge in [0.25, 0.3) is 17.9 Å². The van der Waals surface area contributed by atoms with Gasteiger partial charge in [0.15, 0.2) is 0 Å². The Hall–Kier alpha value is -2.29. The summed E-state index contributed by atoms with van der Waals surface area (Å²) in [4.78, 5) is 74.6. The van der Waals surface area contributed by atoms with Crippen LogP contribution in [-0.2, 0) is 54.3 Å². The number of aliphatic hydroxyl groups excluding tert-OH is 3. The van der Waals surface area contributed by atoms with Crippen molar-refractivity contribution in [3.05, 3.63) is 0 Å². The molecule has 0 radical (unpaired) electrons. The highest BCUT2D eigenvalue weighted by atomic mass is 27.3. The number of rotatable bonds is 24. The number of ether oxygens (including phenoxy) is 3. The topological polar surface area (TPSA) is 218 Å². The molecule has 3 atom stereocenters. The zero-order valence-electron chi connectivity index (χ0n) is 23.0. The first-order valence-electron chi connectivity index (χ1n) is 12.7. The van der Waals surface area contributed by atoms with Crippen LogP contribution in [0.25, 0.3) is 0 Å². The van der Waals surface area contributed by atoms with E-state index in [1.54, 1.807) is 0 Å². The number of hydrogen-bond donors (Lipinski definition) is 3. The standard InChI is InChI=1S/3C8H14O5.Al/c3*1-6(10)7(8(11)12)2-4-13-5-3-9;/h3*7,9H,2-5H2,1H3,(H,11,12);/q;;;+3/p-3. The van der Waals surface area contributed by atoms with E-state index in [1.165, 1.54) is 0 Å². The summed E-state index contributed by atoms with van der Waals surface area (Å²) in [6.07, 6.45) is -0.435. The molecule has 0 aliphatic heterocycles. The molecule has 0 bridgehead atoms. The van der Waals surface area contributed by atoms with Gasteiger partial charge in [0.2, 0.25) is 0 Å². The van der Waals surface area contributed by atoms with Crippen molar-refractivity contribution < 1.29 is 69.7 Å². The number of carbonyl (C=O) groups excluding carboxylic acids is 6. The Morgan fingerprint density at radius 2 is 0.750 bits per heavy atom. The van der Waals surface area contributed by atoms with Gasteiger partial charge < -0.3 is 40.9 Å². The maximum atomic E-state index is 12.8. The minimum absolute atomic E-state index is 0.0326. The number of ketones is 3. The van der Waals surface area contributed by atoms with Crippen LogP contribution >= 0.6 is 0 Å². The fourth-order valence-corrected chi connectivity index (χ4v) is 4.37. The second-order valence-electron chi connectivity index (χ2n) is 8.46. The summed E-state index contributed by atoms with van der Waals surface area (Å²) in [5.74, 6) is -9.50. The average Bonchev–Trinajstić information content (AvgIpc) is 2.87. The van der Waals surface area contributed by atoms with E-state index in [0.29, 0.717) is 0 Å². The van der Waals surface area contributed by atoms with E-state index in [2.05, 4.69) is 0 Å². The Morgan fingerprint density at radius 1 is 0.500 bits per heavy atom. The highest BCUT2D eigenvalue weighted by Crippen LogP contribution is 2.16. The highest BCUT2D eigenvalue weighted by Gasteiger charge is 2.52. The van der Waals surface area contributed by atoms with Crippen LogP contribution in [-0.4, -0.2) is 125 Å². The van der Waals surface area contributed by atoms with Crippen molar-refractivity contribution in [1.29, 1.82) is 0 Å². The van der Waals surface area contributed by atoms with Gasteiger partial charge in [-0.15, -0.1) is 0 Å². The summed E-state index contributed by atoms with van der Waals surface area (Å²) in [6.45, 7) is 2.14. The number of aliphatic hydroxyl groups is 3. The lowest BCUT2D eigenvalue weighted by Crippen LogP contribution is -2.42. The molecule has 16 heteroatoms. The molecule has 3 N–H and O–H groups in total. The maximum absolute atomic E-state index is 12.8. The molecule has 228 valence electrons. The van der Waals surface area contributed by atoms with Gasteiger partial charge in [-0.05, 0) is 40.0 Å². The first kappa shape index (κ1) is 37.7. The van der Waals surface area contributed by atoms with E-state index in [4.69, 9.17) is 40.9 Å². The Bertz CT molecular complexity index is 713. The van der Waals surface area contributed by atoms with Crippen molar-refractivity contribution in [2.24, 2.45) is 17.8 Å². The smallest absolute Gasteiger partial charge is 0.550 e. The summed E-state index contributed by atoms with van der Waals surface area (Å²) < 4.78 is 30.7. The summed E-state index contributed by atoms with van der Waals surface area (Å²) >= 11 is -4.09. The van der Waals surface area contributed by atoms with E-state index in [9.17, 15) is 28.8 Å². The molecule has 0 spiro atoms. The molecule has 0 saturated heterocycles. The van der Waals surface area contributed by atoms with E-state index < -0.39 is 68.2 Å². The van der Waals surface area contributed by atoms with Crippen molar-refractivity contribution in [2.75, 3.05) is 59.5 Å². The second kappa shape index (κ2) is 22.4. The van der Waals surface area contributed by atoms with Crippen LogP contribution in [0.15, 0.2) is 0 Å². The molecule has 3 unspecified atom stereocenters. The molecule has 40 heavy (non-hydrogen) atoms. The normalized spacial score (nSPS) is 13.1. The minimum atomic E-state index is -4.09. The molecule has 0 aliphatic rings. The van der Waals surface area contributed by atoms with Gasteiger partial charge in [-0.1, -0.05) is 0 Å². The van der Waals surface area contributed by atoms with E-state index >= 15 is 0 Å². The molecule has 0 aromatic heterocycles. The molecular weight excluding hydrogens is 555 g/mol. The fraction of sp³-hybridized carbons (Fsp3) is 0.750. The van der Waals surface area contributed by atoms with Gasteiger partial charge in [0.05, 0.1) is 39.6 Å². The van der Waals surface area contributed by atoms with Crippen LogP contribution in [0.5, 0.6) is 0 Å². The molecule has 0 fully saturated rings. The minimum Gasteiger partial charge on any atom is -0.550 e. The third-order valence-electron chi connectivity index (χ3n) is 5.32. The van der Waals surface area contributed by atoms with Gasteiger partial charge in [0, 0.05) is 19.8 Å². The summed E-state index contributed by atoms with van der Waals surface area (Å²) in [5.41, 5.74) is 0. The monoisotopic (exact) mass is 594 g/mol. The SMILES string of the molecule is CC(=O)C(CCOCCO)C(=O)[O][Al]([O]C(=O)C(CCOCCO)C(C)=O)[O]C(=O)C(CCOCCO)C(C)=O. The van der Waals surface area contributed by atoms with Gasteiger partial charge in [-0.3, -0.25) is 28.8 Å². The Morgan fingerprint density at radius 3 is 0.950 bits per heavy atom. The summed E-state index contributed by atoms with van der Waals surface area (Å²) in [5, 5.41) is 26.4. The average molecular weight is 595 g/mol. The van der Waals surface area contributed by atoms with Crippen molar-refractivity contribution in [2.45, 2.75) is 40.0 Å². The van der Waals surface area contributed by atoms with Crippen molar-refractivity contribution in [3.8, 4) is 0 Å². The lowest BCUT2D eigenvalue weighted by atomic mass is 10.0. The first-order valence-corrected chi connectivity index (χ1v) is 14.1. The fourth-order valence-electron chi connectivity index (χ4n) is 3.17. The molecule has 15 nitrogen and oxygen atoms in total. The zero-order valence-corrected chi connectivity index (χ0v) is 24.2. The molecule has 0 rings (SSSR count). The van der Waals surface area contributed by atoms with Crippen LogP contribution in [0.1, 0.15) is 40.0 Å². The third kappa shape index (κ3) is 16.1. The Kier molecular flexibility index (Phi) is 21.1. The van der Waals surface area contributed by atoms with E-state index in [1.807, 2.05) is 0 Å².